The fraction of sp³-hybridized carbons (Fsp3) is 0.174. The largest absolute Gasteiger partial charge is 0.490 e. The highest BCUT2D eigenvalue weighted by Crippen LogP contribution is 2.29. The van der Waals surface area contributed by atoms with Gasteiger partial charge in [-0.2, -0.15) is 0 Å². The minimum absolute atomic E-state index is 0.496. The summed E-state index contributed by atoms with van der Waals surface area (Å²) in [5, 5.41) is 0.674. The number of nitrogens with zero attached hydrogens (tertiary/aromatic N) is 1. The first-order chi connectivity index (χ1) is 13.2. The number of hydrogen-bond donors (Lipinski definition) is 0. The number of halogens is 1. The Hall–Kier alpha value is -2.78. The van der Waals surface area contributed by atoms with Gasteiger partial charge in [-0.1, -0.05) is 48.0 Å². The molecule has 0 fully saturated rings. The maximum absolute atomic E-state index is 6.06. The van der Waals surface area contributed by atoms with E-state index >= 15 is 0 Å². The van der Waals surface area contributed by atoms with Crippen LogP contribution in [0.5, 0.6) is 11.5 Å². The zero-order valence-corrected chi connectivity index (χ0v) is 16.2. The van der Waals surface area contributed by atoms with Gasteiger partial charge in [-0.3, -0.25) is 4.99 Å². The lowest BCUT2D eigenvalue weighted by Crippen LogP contribution is -2.00. The van der Waals surface area contributed by atoms with Crippen LogP contribution in [0.2, 0.25) is 5.02 Å². The number of hydrogen-bond acceptors (Lipinski definition) is 3. The van der Waals surface area contributed by atoms with E-state index in [4.69, 9.17) is 21.1 Å². The van der Waals surface area contributed by atoms with Crippen molar-refractivity contribution in [2.45, 2.75) is 20.5 Å². The van der Waals surface area contributed by atoms with Crippen molar-refractivity contribution in [2.24, 2.45) is 4.99 Å². The van der Waals surface area contributed by atoms with Crippen LogP contribution in [-0.2, 0) is 6.61 Å². The van der Waals surface area contributed by atoms with Gasteiger partial charge in [0, 0.05) is 11.2 Å². The molecule has 0 spiro atoms. The monoisotopic (exact) mass is 379 g/mol. The minimum Gasteiger partial charge on any atom is -0.490 e. The predicted octanol–water partition coefficient (Wildman–Crippen LogP) is 6.38. The Bertz CT molecular complexity index is 923. The van der Waals surface area contributed by atoms with Gasteiger partial charge in [-0.15, -0.1) is 0 Å². The lowest BCUT2D eigenvalue weighted by atomic mass is 10.2. The van der Waals surface area contributed by atoms with Crippen LogP contribution in [0.4, 0.5) is 5.69 Å². The minimum atomic E-state index is 0.496. The van der Waals surface area contributed by atoms with Crippen LogP contribution < -0.4 is 9.47 Å². The third kappa shape index (κ3) is 5.35. The lowest BCUT2D eigenvalue weighted by molar-refractivity contribution is 0.269. The van der Waals surface area contributed by atoms with Crippen LogP contribution in [0, 0.1) is 6.92 Å². The van der Waals surface area contributed by atoms with Crippen molar-refractivity contribution in [3.05, 3.63) is 88.4 Å². The standard InChI is InChI=1S/C23H22ClNO2/c1-3-26-23-13-19(15-25-21-14-20(24)11-9-17(21)2)10-12-22(23)27-16-18-7-5-4-6-8-18/h4-15H,3,16H2,1-2H3. The fourth-order valence-electron chi connectivity index (χ4n) is 2.59. The maximum atomic E-state index is 6.06. The SMILES string of the molecule is CCOc1cc(C=Nc2cc(Cl)ccc2C)ccc1OCc1ccccc1. The molecule has 0 unspecified atom stereocenters. The summed E-state index contributed by atoms with van der Waals surface area (Å²) in [6.45, 7) is 5.03. The van der Waals surface area contributed by atoms with Crippen molar-refractivity contribution < 1.29 is 9.47 Å². The van der Waals surface area contributed by atoms with E-state index in [9.17, 15) is 0 Å². The summed E-state index contributed by atoms with van der Waals surface area (Å²) in [7, 11) is 0. The molecule has 0 heterocycles. The normalized spacial score (nSPS) is 10.9. The van der Waals surface area contributed by atoms with Gasteiger partial charge in [-0.05, 0) is 60.9 Å². The molecule has 0 aliphatic heterocycles. The molecule has 0 aliphatic rings. The number of ether oxygens (including phenoxy) is 2. The van der Waals surface area contributed by atoms with E-state index in [2.05, 4.69) is 4.99 Å². The molecular weight excluding hydrogens is 358 g/mol. The second kappa shape index (κ2) is 9.24. The van der Waals surface area contributed by atoms with Crippen molar-refractivity contribution >= 4 is 23.5 Å². The zero-order chi connectivity index (χ0) is 19.1. The summed E-state index contributed by atoms with van der Waals surface area (Å²) in [5.41, 5.74) is 3.97. The number of rotatable bonds is 7. The van der Waals surface area contributed by atoms with E-state index in [0.29, 0.717) is 24.0 Å². The first kappa shape index (κ1) is 19.0. The number of benzene rings is 3. The smallest absolute Gasteiger partial charge is 0.161 e. The van der Waals surface area contributed by atoms with Crippen LogP contribution >= 0.6 is 11.6 Å². The summed E-state index contributed by atoms with van der Waals surface area (Å²) in [6, 6.07) is 21.6. The lowest BCUT2D eigenvalue weighted by Gasteiger charge is -2.12. The Morgan fingerprint density at radius 1 is 0.926 bits per heavy atom. The summed E-state index contributed by atoms with van der Waals surface area (Å²) >= 11 is 6.06. The van der Waals surface area contributed by atoms with Gasteiger partial charge in [0.2, 0.25) is 0 Å². The Kier molecular flexibility index (Phi) is 6.50. The molecule has 0 radical (unpaired) electrons. The van der Waals surface area contributed by atoms with E-state index in [1.54, 1.807) is 0 Å². The molecule has 0 saturated carbocycles. The average Bonchev–Trinajstić information content (AvgIpc) is 2.69. The van der Waals surface area contributed by atoms with E-state index in [0.717, 1.165) is 28.1 Å². The zero-order valence-electron chi connectivity index (χ0n) is 15.5. The van der Waals surface area contributed by atoms with Crippen LogP contribution in [0.1, 0.15) is 23.6 Å². The third-order valence-electron chi connectivity index (χ3n) is 4.03. The Balaban J connectivity index is 1.78. The number of aliphatic imine (C=N–C) groups is 1. The Morgan fingerprint density at radius 3 is 2.52 bits per heavy atom. The second-order valence-corrected chi connectivity index (χ2v) is 6.54. The predicted molar refractivity (Wildman–Crippen MR) is 112 cm³/mol. The highest BCUT2D eigenvalue weighted by atomic mass is 35.5. The topological polar surface area (TPSA) is 30.8 Å². The average molecular weight is 380 g/mol. The summed E-state index contributed by atoms with van der Waals surface area (Å²) < 4.78 is 11.7. The molecule has 0 aliphatic carbocycles. The Morgan fingerprint density at radius 2 is 1.74 bits per heavy atom. The van der Waals surface area contributed by atoms with Crippen LogP contribution in [-0.4, -0.2) is 12.8 Å². The molecule has 3 nitrogen and oxygen atoms in total. The first-order valence-corrected chi connectivity index (χ1v) is 9.27. The molecule has 4 heteroatoms. The highest BCUT2D eigenvalue weighted by Gasteiger charge is 2.07. The second-order valence-electron chi connectivity index (χ2n) is 6.10. The number of aryl methyl sites for hydroxylation is 1. The van der Waals surface area contributed by atoms with Crippen LogP contribution in [0.15, 0.2) is 71.7 Å². The molecule has 0 bridgehead atoms. The van der Waals surface area contributed by atoms with Gasteiger partial charge in [0.25, 0.3) is 0 Å². The first-order valence-electron chi connectivity index (χ1n) is 8.89. The molecule has 0 atom stereocenters. The third-order valence-corrected chi connectivity index (χ3v) is 4.26. The van der Waals surface area contributed by atoms with Gasteiger partial charge < -0.3 is 9.47 Å². The molecule has 0 aromatic heterocycles. The molecular formula is C23H22ClNO2. The molecule has 3 aromatic rings. The molecule has 0 saturated heterocycles. The van der Waals surface area contributed by atoms with Gasteiger partial charge in [0.15, 0.2) is 11.5 Å². The molecule has 138 valence electrons. The van der Waals surface area contributed by atoms with Gasteiger partial charge in [0.05, 0.1) is 12.3 Å². The van der Waals surface area contributed by atoms with Crippen LogP contribution in [0.3, 0.4) is 0 Å². The summed E-state index contributed by atoms with van der Waals surface area (Å²) in [4.78, 5) is 4.56. The van der Waals surface area contributed by atoms with E-state index < -0.39 is 0 Å². The molecule has 27 heavy (non-hydrogen) atoms. The van der Waals surface area contributed by atoms with Crippen molar-refractivity contribution in [3.8, 4) is 11.5 Å². The fourth-order valence-corrected chi connectivity index (χ4v) is 2.76. The van der Waals surface area contributed by atoms with E-state index in [-0.39, 0.29) is 0 Å². The van der Waals surface area contributed by atoms with Crippen molar-refractivity contribution in [1.82, 2.24) is 0 Å². The Labute approximate surface area is 165 Å². The van der Waals surface area contributed by atoms with E-state index in [1.165, 1.54) is 0 Å². The van der Waals surface area contributed by atoms with Crippen LogP contribution in [0.25, 0.3) is 0 Å². The summed E-state index contributed by atoms with van der Waals surface area (Å²) in [6.07, 6.45) is 1.81. The van der Waals surface area contributed by atoms with Gasteiger partial charge in [-0.25, -0.2) is 0 Å². The van der Waals surface area contributed by atoms with Crippen molar-refractivity contribution in [1.29, 1.82) is 0 Å². The summed E-state index contributed by atoms with van der Waals surface area (Å²) in [5.74, 6) is 1.43. The van der Waals surface area contributed by atoms with Crippen molar-refractivity contribution in [2.75, 3.05) is 6.61 Å². The van der Waals surface area contributed by atoms with E-state index in [1.807, 2.05) is 86.8 Å². The molecule has 0 N–H and O–H groups in total. The van der Waals surface area contributed by atoms with Gasteiger partial charge >= 0.3 is 0 Å². The molecule has 3 rings (SSSR count). The molecule has 3 aromatic carbocycles. The van der Waals surface area contributed by atoms with Crippen molar-refractivity contribution in [3.63, 3.8) is 0 Å². The van der Waals surface area contributed by atoms with Gasteiger partial charge in [0.1, 0.15) is 6.61 Å². The highest BCUT2D eigenvalue weighted by molar-refractivity contribution is 6.30. The quantitative estimate of drug-likeness (QED) is 0.446. The molecule has 0 amide bonds. The maximum Gasteiger partial charge on any atom is 0.161 e.